The minimum atomic E-state index is -0.356. The van der Waals surface area contributed by atoms with Crippen LogP contribution in [0, 0.1) is 6.92 Å². The van der Waals surface area contributed by atoms with Crippen LogP contribution in [0.2, 0.25) is 0 Å². The molecule has 2 aromatic rings. The van der Waals surface area contributed by atoms with Crippen molar-refractivity contribution in [2.24, 2.45) is 0 Å². The number of aryl methyl sites for hydroxylation is 1. The second-order valence-electron chi connectivity index (χ2n) is 4.11. The van der Waals surface area contributed by atoms with Crippen molar-refractivity contribution in [1.29, 1.82) is 0 Å². The lowest BCUT2D eigenvalue weighted by Crippen LogP contribution is -2.18. The molecule has 0 N–H and O–H groups in total. The molecule has 0 saturated heterocycles. The molecule has 5 nitrogen and oxygen atoms in total. The van der Waals surface area contributed by atoms with Gasteiger partial charge in [0.15, 0.2) is 0 Å². The number of carbonyl (C=O) groups is 1. The molecule has 0 aliphatic heterocycles. The van der Waals surface area contributed by atoms with Crippen LogP contribution in [0.3, 0.4) is 0 Å². The smallest absolute Gasteiger partial charge is 0.338 e. The Morgan fingerprint density at radius 1 is 1.47 bits per heavy atom. The van der Waals surface area contributed by atoms with Gasteiger partial charge in [-0.15, -0.1) is 11.3 Å². The fourth-order valence-corrected chi connectivity index (χ4v) is 2.48. The maximum Gasteiger partial charge on any atom is 0.338 e. The molecule has 19 heavy (non-hydrogen) atoms. The number of hydrogen-bond donors (Lipinski definition) is 0. The van der Waals surface area contributed by atoms with Crippen LogP contribution >= 0.6 is 11.3 Å². The monoisotopic (exact) mass is 277 g/mol. The minimum absolute atomic E-state index is 0.356. The van der Waals surface area contributed by atoms with Gasteiger partial charge < -0.3 is 9.64 Å². The second-order valence-corrected chi connectivity index (χ2v) is 5.05. The molecule has 0 atom stereocenters. The van der Waals surface area contributed by atoms with Crippen LogP contribution in [-0.2, 0) is 11.3 Å². The lowest BCUT2D eigenvalue weighted by atomic mass is 10.2. The van der Waals surface area contributed by atoms with Crippen molar-refractivity contribution in [2.75, 3.05) is 19.1 Å². The molecule has 0 spiro atoms. The molecule has 0 amide bonds. The Balaban J connectivity index is 2.17. The lowest BCUT2D eigenvalue weighted by Gasteiger charge is -2.17. The summed E-state index contributed by atoms with van der Waals surface area (Å²) in [6.45, 7) is 2.70. The first-order valence-electron chi connectivity index (χ1n) is 5.76. The van der Waals surface area contributed by atoms with E-state index in [1.165, 1.54) is 12.0 Å². The Morgan fingerprint density at radius 3 is 2.89 bits per heavy atom. The average Bonchev–Trinajstić information content (AvgIpc) is 2.83. The summed E-state index contributed by atoms with van der Waals surface area (Å²) in [6.07, 6.45) is 1.61. The molecule has 0 aliphatic carbocycles. The van der Waals surface area contributed by atoms with Gasteiger partial charge in [0, 0.05) is 18.1 Å². The Hall–Kier alpha value is -1.95. The molecule has 6 heteroatoms. The van der Waals surface area contributed by atoms with E-state index in [9.17, 15) is 4.79 Å². The number of rotatable bonds is 4. The molecular formula is C13H15N3O2S. The van der Waals surface area contributed by atoms with Crippen molar-refractivity contribution in [2.45, 2.75) is 13.5 Å². The van der Waals surface area contributed by atoms with Gasteiger partial charge >= 0.3 is 5.97 Å². The van der Waals surface area contributed by atoms with Crippen LogP contribution < -0.4 is 4.90 Å². The predicted molar refractivity (Wildman–Crippen MR) is 74.5 cm³/mol. The highest BCUT2D eigenvalue weighted by atomic mass is 32.1. The van der Waals surface area contributed by atoms with E-state index in [1.54, 1.807) is 29.7 Å². The molecule has 100 valence electrons. The van der Waals surface area contributed by atoms with Gasteiger partial charge in [0.05, 0.1) is 30.4 Å². The molecule has 2 rings (SSSR count). The number of carbonyl (C=O) groups excluding carboxylic acids is 1. The van der Waals surface area contributed by atoms with E-state index in [0.717, 1.165) is 11.5 Å². The maximum atomic E-state index is 11.5. The maximum absolute atomic E-state index is 11.5. The molecule has 0 aromatic carbocycles. The minimum Gasteiger partial charge on any atom is -0.465 e. The van der Waals surface area contributed by atoms with Crippen molar-refractivity contribution < 1.29 is 9.53 Å². The normalized spacial score (nSPS) is 10.3. The van der Waals surface area contributed by atoms with Crippen LogP contribution in [0.25, 0.3) is 0 Å². The van der Waals surface area contributed by atoms with E-state index >= 15 is 0 Å². The molecule has 0 unspecified atom stereocenters. The molecule has 2 aromatic heterocycles. The molecule has 0 aliphatic rings. The first kappa shape index (κ1) is 13.5. The topological polar surface area (TPSA) is 55.3 Å². The Labute approximate surface area is 115 Å². The third-order valence-electron chi connectivity index (χ3n) is 2.78. The number of aromatic nitrogens is 2. The first-order chi connectivity index (χ1) is 9.11. The van der Waals surface area contributed by atoms with Crippen molar-refractivity contribution in [1.82, 2.24) is 9.97 Å². The zero-order chi connectivity index (χ0) is 13.8. The van der Waals surface area contributed by atoms with Crippen molar-refractivity contribution in [3.63, 3.8) is 0 Å². The molecule has 0 bridgehead atoms. The van der Waals surface area contributed by atoms with E-state index in [1.807, 2.05) is 24.4 Å². The Morgan fingerprint density at radius 2 is 2.26 bits per heavy atom. The third kappa shape index (κ3) is 3.08. The van der Waals surface area contributed by atoms with Crippen LogP contribution in [0.1, 0.15) is 20.9 Å². The number of hydrogen-bond acceptors (Lipinski definition) is 6. The predicted octanol–water partition coefficient (Wildman–Crippen LogP) is 2.27. The largest absolute Gasteiger partial charge is 0.465 e. The molecular weight excluding hydrogens is 262 g/mol. The fraction of sp³-hybridized carbons (Fsp3) is 0.308. The zero-order valence-electron chi connectivity index (χ0n) is 11.1. The summed E-state index contributed by atoms with van der Waals surface area (Å²) in [5.41, 5.74) is 3.36. The van der Waals surface area contributed by atoms with E-state index in [-0.39, 0.29) is 5.97 Å². The van der Waals surface area contributed by atoms with Gasteiger partial charge in [0.25, 0.3) is 0 Å². The van der Waals surface area contributed by atoms with E-state index in [4.69, 9.17) is 4.74 Å². The highest BCUT2D eigenvalue weighted by Gasteiger charge is 2.11. The number of ether oxygens (including phenoxy) is 1. The number of esters is 1. The summed E-state index contributed by atoms with van der Waals surface area (Å²) < 4.78 is 4.70. The Bertz CT molecular complexity index is 583. The van der Waals surface area contributed by atoms with E-state index in [0.29, 0.717) is 12.1 Å². The summed E-state index contributed by atoms with van der Waals surface area (Å²) in [5.74, 6) is 0.377. The molecule has 0 saturated carbocycles. The fourth-order valence-electron chi connectivity index (χ4n) is 1.65. The summed E-state index contributed by atoms with van der Waals surface area (Å²) in [4.78, 5) is 23.1. The first-order valence-corrected chi connectivity index (χ1v) is 6.64. The summed E-state index contributed by atoms with van der Waals surface area (Å²) in [6, 6.07) is 3.36. The average molecular weight is 277 g/mol. The van der Waals surface area contributed by atoms with Gasteiger partial charge in [-0.2, -0.15) is 0 Å². The van der Waals surface area contributed by atoms with Gasteiger partial charge in [-0.3, -0.25) is 0 Å². The van der Waals surface area contributed by atoms with Crippen molar-refractivity contribution in [3.05, 3.63) is 40.0 Å². The van der Waals surface area contributed by atoms with Gasteiger partial charge in [-0.25, -0.2) is 14.8 Å². The highest BCUT2D eigenvalue weighted by Crippen LogP contribution is 2.19. The SMILES string of the molecule is COC(=O)c1ccnc(N(C)Cc2scnc2C)c1. The van der Waals surface area contributed by atoms with Crippen molar-refractivity contribution in [3.8, 4) is 0 Å². The van der Waals surface area contributed by atoms with Crippen LogP contribution in [-0.4, -0.2) is 30.1 Å². The van der Waals surface area contributed by atoms with Crippen LogP contribution in [0.15, 0.2) is 23.8 Å². The van der Waals surface area contributed by atoms with Crippen molar-refractivity contribution >= 4 is 23.1 Å². The lowest BCUT2D eigenvalue weighted by molar-refractivity contribution is 0.0600. The van der Waals surface area contributed by atoms with Gasteiger partial charge in [-0.05, 0) is 19.1 Å². The Kier molecular flexibility index (Phi) is 4.11. The van der Waals surface area contributed by atoms with Gasteiger partial charge in [0.2, 0.25) is 0 Å². The zero-order valence-corrected chi connectivity index (χ0v) is 11.9. The summed E-state index contributed by atoms with van der Waals surface area (Å²) >= 11 is 1.62. The second kappa shape index (κ2) is 5.79. The number of nitrogens with zero attached hydrogens (tertiary/aromatic N) is 3. The number of thiazole rings is 1. The number of methoxy groups -OCH3 is 1. The third-order valence-corrected chi connectivity index (χ3v) is 3.70. The number of pyridine rings is 1. The van der Waals surface area contributed by atoms with E-state index in [2.05, 4.69) is 9.97 Å². The standard InChI is InChI=1S/C13H15N3O2S/c1-9-11(19-8-15-9)7-16(2)12-6-10(4-5-14-12)13(17)18-3/h4-6,8H,7H2,1-3H3. The number of anilines is 1. The summed E-state index contributed by atoms with van der Waals surface area (Å²) in [5, 5.41) is 0. The molecule has 0 fully saturated rings. The highest BCUT2D eigenvalue weighted by molar-refractivity contribution is 7.09. The van der Waals surface area contributed by atoms with Crippen LogP contribution in [0.5, 0.6) is 0 Å². The quantitative estimate of drug-likeness (QED) is 0.802. The van der Waals surface area contributed by atoms with Gasteiger partial charge in [0.1, 0.15) is 5.82 Å². The van der Waals surface area contributed by atoms with Crippen LogP contribution in [0.4, 0.5) is 5.82 Å². The molecule has 0 radical (unpaired) electrons. The van der Waals surface area contributed by atoms with E-state index < -0.39 is 0 Å². The van der Waals surface area contributed by atoms with Gasteiger partial charge in [-0.1, -0.05) is 0 Å². The molecule has 2 heterocycles. The summed E-state index contributed by atoms with van der Waals surface area (Å²) in [7, 11) is 3.30.